The predicted molar refractivity (Wildman–Crippen MR) is 65.5 cm³/mol. The van der Waals surface area contributed by atoms with Gasteiger partial charge in [-0.05, 0) is 18.9 Å². The molecule has 4 nitrogen and oxygen atoms in total. The molecule has 0 aromatic heterocycles. The first-order chi connectivity index (χ1) is 7.53. The van der Waals surface area contributed by atoms with Crippen LogP contribution in [0.25, 0.3) is 0 Å². The fourth-order valence-electron chi connectivity index (χ4n) is 1.44. The Hall–Kier alpha value is -0.910. The van der Waals surface area contributed by atoms with Crippen LogP contribution in [0.2, 0.25) is 0 Å². The van der Waals surface area contributed by atoms with Crippen molar-refractivity contribution in [2.24, 2.45) is 0 Å². The molecule has 0 atom stereocenters. The van der Waals surface area contributed by atoms with E-state index < -0.39 is 10.2 Å². The van der Waals surface area contributed by atoms with Gasteiger partial charge in [0.2, 0.25) is 0 Å². The minimum absolute atomic E-state index is 0.403. The molecule has 0 unspecified atom stereocenters. The molecule has 0 heterocycles. The maximum absolute atomic E-state index is 11.3. The molecule has 2 N–H and O–H groups in total. The number of hydrogen-bond donors (Lipinski definition) is 2. The second-order valence-corrected chi connectivity index (χ2v) is 5.22. The molecule has 0 saturated carbocycles. The highest BCUT2D eigenvalue weighted by molar-refractivity contribution is 7.87. The van der Waals surface area contributed by atoms with Crippen molar-refractivity contribution in [3.63, 3.8) is 0 Å². The Morgan fingerprint density at radius 1 is 1.25 bits per heavy atom. The van der Waals surface area contributed by atoms with E-state index in [1.165, 1.54) is 5.56 Å². The van der Waals surface area contributed by atoms with E-state index in [0.29, 0.717) is 19.5 Å². The topological polar surface area (TPSA) is 58.2 Å². The lowest BCUT2D eigenvalue weighted by molar-refractivity contribution is 0.569. The van der Waals surface area contributed by atoms with Gasteiger partial charge in [0.15, 0.2) is 0 Å². The van der Waals surface area contributed by atoms with Crippen molar-refractivity contribution in [1.29, 1.82) is 0 Å². The zero-order chi connectivity index (χ0) is 12.0. The van der Waals surface area contributed by atoms with Crippen LogP contribution in [0, 0.1) is 6.92 Å². The molecule has 16 heavy (non-hydrogen) atoms. The summed E-state index contributed by atoms with van der Waals surface area (Å²) in [5.41, 5.74) is 2.33. The predicted octanol–water partition coefficient (Wildman–Crippen LogP) is 0.981. The summed E-state index contributed by atoms with van der Waals surface area (Å²) in [6.45, 7) is 4.59. The normalized spacial score (nSPS) is 11.6. The van der Waals surface area contributed by atoms with E-state index in [1.54, 1.807) is 6.92 Å². The van der Waals surface area contributed by atoms with Crippen molar-refractivity contribution in [3.05, 3.63) is 35.4 Å². The summed E-state index contributed by atoms with van der Waals surface area (Å²) in [5.74, 6) is 0. The smallest absolute Gasteiger partial charge is 0.203 e. The second kappa shape index (κ2) is 5.98. The van der Waals surface area contributed by atoms with Gasteiger partial charge in [-0.2, -0.15) is 8.42 Å². The van der Waals surface area contributed by atoms with Crippen LogP contribution in [0.4, 0.5) is 0 Å². The van der Waals surface area contributed by atoms with E-state index >= 15 is 0 Å². The quantitative estimate of drug-likeness (QED) is 0.781. The molecule has 1 aromatic rings. The Morgan fingerprint density at radius 2 is 2.00 bits per heavy atom. The second-order valence-electron chi connectivity index (χ2n) is 3.63. The van der Waals surface area contributed by atoms with E-state index in [9.17, 15) is 8.42 Å². The summed E-state index contributed by atoms with van der Waals surface area (Å²) < 4.78 is 27.4. The van der Waals surface area contributed by atoms with Crippen LogP contribution in [0.3, 0.4) is 0 Å². The molecule has 90 valence electrons. The zero-order valence-electron chi connectivity index (χ0n) is 9.66. The molecule has 0 spiro atoms. The number of benzene rings is 1. The first-order valence-electron chi connectivity index (χ1n) is 5.33. The highest BCUT2D eigenvalue weighted by atomic mass is 32.2. The summed E-state index contributed by atoms with van der Waals surface area (Å²) in [5, 5.41) is 0. The highest BCUT2D eigenvalue weighted by Gasteiger charge is 2.05. The van der Waals surface area contributed by atoms with Gasteiger partial charge in [0.25, 0.3) is 10.2 Å². The fraction of sp³-hybridized carbons (Fsp3) is 0.455. The third-order valence-corrected chi connectivity index (χ3v) is 3.38. The molecule has 0 bridgehead atoms. The van der Waals surface area contributed by atoms with Crippen molar-refractivity contribution in [2.45, 2.75) is 20.3 Å². The summed E-state index contributed by atoms with van der Waals surface area (Å²) in [7, 11) is -3.31. The lowest BCUT2D eigenvalue weighted by Crippen LogP contribution is -2.37. The van der Waals surface area contributed by atoms with Gasteiger partial charge in [-0.3, -0.25) is 0 Å². The minimum atomic E-state index is -3.31. The largest absolute Gasteiger partial charge is 0.276 e. The SMILES string of the molecule is CCNS(=O)(=O)NCCc1cccc(C)c1. The Balaban J connectivity index is 2.42. The average molecular weight is 242 g/mol. The van der Waals surface area contributed by atoms with Crippen LogP contribution >= 0.6 is 0 Å². The summed E-state index contributed by atoms with van der Waals surface area (Å²) in [6, 6.07) is 8.05. The van der Waals surface area contributed by atoms with Crippen LogP contribution in [0.1, 0.15) is 18.1 Å². The highest BCUT2D eigenvalue weighted by Crippen LogP contribution is 2.03. The number of hydrogen-bond acceptors (Lipinski definition) is 2. The van der Waals surface area contributed by atoms with Gasteiger partial charge in [-0.1, -0.05) is 36.8 Å². The maximum atomic E-state index is 11.3. The van der Waals surface area contributed by atoms with Gasteiger partial charge >= 0.3 is 0 Å². The first-order valence-corrected chi connectivity index (χ1v) is 6.81. The lowest BCUT2D eigenvalue weighted by Gasteiger charge is -2.06. The molecule has 0 saturated heterocycles. The van der Waals surface area contributed by atoms with E-state index in [-0.39, 0.29) is 0 Å². The minimum Gasteiger partial charge on any atom is -0.203 e. The monoisotopic (exact) mass is 242 g/mol. The van der Waals surface area contributed by atoms with Gasteiger partial charge in [-0.25, -0.2) is 9.44 Å². The zero-order valence-corrected chi connectivity index (χ0v) is 10.5. The molecule has 0 radical (unpaired) electrons. The van der Waals surface area contributed by atoms with E-state index in [0.717, 1.165) is 5.56 Å². The van der Waals surface area contributed by atoms with Gasteiger partial charge in [0, 0.05) is 13.1 Å². The average Bonchev–Trinajstić information content (AvgIpc) is 2.17. The molecule has 0 amide bonds. The number of nitrogens with one attached hydrogen (secondary N) is 2. The number of rotatable bonds is 6. The van der Waals surface area contributed by atoms with Crippen LogP contribution in [-0.2, 0) is 16.6 Å². The molecular weight excluding hydrogens is 224 g/mol. The van der Waals surface area contributed by atoms with Gasteiger partial charge in [0.1, 0.15) is 0 Å². The van der Waals surface area contributed by atoms with E-state index in [2.05, 4.69) is 15.5 Å². The first kappa shape index (κ1) is 13.2. The molecule has 0 aliphatic heterocycles. The Kier molecular flexibility index (Phi) is 4.92. The van der Waals surface area contributed by atoms with Crippen LogP contribution in [0.5, 0.6) is 0 Å². The standard InChI is InChI=1S/C11H18N2O2S/c1-3-12-16(14,15)13-8-7-11-6-4-5-10(2)9-11/h4-6,9,12-13H,3,7-8H2,1-2H3. The Labute approximate surface area is 97.3 Å². The van der Waals surface area contributed by atoms with Crippen molar-refractivity contribution in [2.75, 3.05) is 13.1 Å². The molecule has 1 aromatic carbocycles. The van der Waals surface area contributed by atoms with Crippen molar-refractivity contribution >= 4 is 10.2 Å². The van der Waals surface area contributed by atoms with Crippen LogP contribution < -0.4 is 9.44 Å². The van der Waals surface area contributed by atoms with Crippen molar-refractivity contribution in [1.82, 2.24) is 9.44 Å². The molecule has 5 heteroatoms. The molecule has 0 aliphatic carbocycles. The van der Waals surface area contributed by atoms with E-state index in [4.69, 9.17) is 0 Å². The van der Waals surface area contributed by atoms with Crippen molar-refractivity contribution < 1.29 is 8.42 Å². The van der Waals surface area contributed by atoms with Gasteiger partial charge in [-0.15, -0.1) is 0 Å². The van der Waals surface area contributed by atoms with Crippen LogP contribution in [-0.4, -0.2) is 21.5 Å². The van der Waals surface area contributed by atoms with Crippen molar-refractivity contribution in [3.8, 4) is 0 Å². The molecular formula is C11H18N2O2S. The van der Waals surface area contributed by atoms with E-state index in [1.807, 2.05) is 25.1 Å². The maximum Gasteiger partial charge on any atom is 0.276 e. The van der Waals surface area contributed by atoms with Gasteiger partial charge in [0.05, 0.1) is 0 Å². The van der Waals surface area contributed by atoms with Crippen LogP contribution in [0.15, 0.2) is 24.3 Å². The number of aryl methyl sites for hydroxylation is 1. The molecule has 0 fully saturated rings. The Bertz CT molecular complexity index is 429. The lowest BCUT2D eigenvalue weighted by atomic mass is 10.1. The molecule has 1 rings (SSSR count). The Morgan fingerprint density at radius 3 is 2.62 bits per heavy atom. The molecule has 0 aliphatic rings. The third kappa shape index (κ3) is 4.74. The fourth-order valence-corrected chi connectivity index (χ4v) is 2.29. The third-order valence-electron chi connectivity index (χ3n) is 2.12. The summed E-state index contributed by atoms with van der Waals surface area (Å²) in [4.78, 5) is 0. The summed E-state index contributed by atoms with van der Waals surface area (Å²) >= 11 is 0. The summed E-state index contributed by atoms with van der Waals surface area (Å²) in [6.07, 6.45) is 0.701. The van der Waals surface area contributed by atoms with Gasteiger partial charge < -0.3 is 0 Å².